The molecule has 0 unspecified atom stereocenters. The lowest BCUT2D eigenvalue weighted by molar-refractivity contribution is -0.660. The smallest absolute Gasteiger partial charge is 0.216 e. The largest absolute Gasteiger partial charge is 0.454 e. The maximum atomic E-state index is 10.3. The van der Waals surface area contributed by atoms with Crippen LogP contribution in [-0.4, -0.2) is 0 Å². The van der Waals surface area contributed by atoms with Gasteiger partial charge in [0.1, 0.15) is 24.3 Å². The van der Waals surface area contributed by atoms with E-state index < -0.39 is 0 Å². The van der Waals surface area contributed by atoms with Crippen LogP contribution in [0.25, 0.3) is 55.4 Å². The molecule has 3 nitrogen and oxygen atoms in total. The average molecular weight is 508 g/mol. The van der Waals surface area contributed by atoms with Crippen LogP contribution in [0.4, 0.5) is 0 Å². The van der Waals surface area contributed by atoms with Crippen LogP contribution in [0.2, 0.25) is 0 Å². The Morgan fingerprint density at radius 2 is 1.46 bits per heavy atom. The number of benzene rings is 4. The molecule has 0 aliphatic carbocycles. The van der Waals surface area contributed by atoms with Crippen LogP contribution >= 0.6 is 0 Å². The number of pyridine rings is 1. The molecule has 4 aromatic carbocycles. The molecule has 0 saturated heterocycles. The highest BCUT2D eigenvalue weighted by molar-refractivity contribution is 6.12. The van der Waals surface area contributed by atoms with Gasteiger partial charge in [0, 0.05) is 28.5 Å². The number of fused-ring (bicyclic) bond motifs is 3. The molecule has 0 N–H and O–H groups in total. The maximum absolute atomic E-state index is 10.3. The molecule has 0 aliphatic rings. The third-order valence-electron chi connectivity index (χ3n) is 7.70. The second-order valence-corrected chi connectivity index (χ2v) is 11.3. The van der Waals surface area contributed by atoms with Crippen molar-refractivity contribution in [1.82, 2.24) is 0 Å². The molecule has 2 heterocycles. The summed E-state index contributed by atoms with van der Waals surface area (Å²) in [5, 5.41) is 12.3. The van der Waals surface area contributed by atoms with E-state index in [1.165, 1.54) is 11.1 Å². The molecule has 0 bridgehead atoms. The molecule has 0 radical (unpaired) electrons. The summed E-state index contributed by atoms with van der Waals surface area (Å²) < 4.78 is 8.66. The molecule has 190 valence electrons. The van der Waals surface area contributed by atoms with Gasteiger partial charge in [0.05, 0.1) is 5.56 Å². The quantitative estimate of drug-likeness (QED) is 0.224. The second-order valence-electron chi connectivity index (χ2n) is 11.3. The van der Waals surface area contributed by atoms with Crippen LogP contribution in [-0.2, 0) is 12.5 Å². The molecule has 2 aromatic heterocycles. The Morgan fingerprint density at radius 3 is 2.18 bits per heavy atom. The average Bonchev–Trinajstić information content (AvgIpc) is 3.31. The van der Waals surface area contributed by atoms with Crippen LogP contribution in [0.15, 0.2) is 102 Å². The second kappa shape index (κ2) is 9.26. The first-order chi connectivity index (χ1) is 18.8. The molecule has 3 heteroatoms. The van der Waals surface area contributed by atoms with Crippen LogP contribution in [0.3, 0.4) is 0 Å². The fourth-order valence-electron chi connectivity index (χ4n) is 5.46. The van der Waals surface area contributed by atoms with Crippen molar-refractivity contribution in [2.75, 3.05) is 0 Å². The van der Waals surface area contributed by atoms with Gasteiger partial charge in [-0.25, -0.2) is 4.57 Å². The Labute approximate surface area is 229 Å². The highest BCUT2D eigenvalue weighted by Crippen LogP contribution is 2.40. The normalized spacial score (nSPS) is 11.7. The zero-order valence-electron chi connectivity index (χ0n) is 23.0. The van der Waals surface area contributed by atoms with E-state index in [2.05, 4.69) is 111 Å². The third-order valence-corrected chi connectivity index (χ3v) is 7.70. The predicted molar refractivity (Wildman–Crippen MR) is 159 cm³/mol. The molecular weight excluding hydrogens is 476 g/mol. The molecule has 0 spiro atoms. The van der Waals surface area contributed by atoms with Crippen LogP contribution in [0.5, 0.6) is 0 Å². The fourth-order valence-corrected chi connectivity index (χ4v) is 5.46. The van der Waals surface area contributed by atoms with Gasteiger partial charge in [-0.15, -0.1) is 0 Å². The van der Waals surface area contributed by atoms with E-state index in [0.29, 0.717) is 11.1 Å². The monoisotopic (exact) mass is 507 g/mol. The molecular formula is C36H31N2O+. The Morgan fingerprint density at radius 1 is 0.744 bits per heavy atom. The molecule has 0 atom stereocenters. The van der Waals surface area contributed by atoms with Crippen LogP contribution < -0.4 is 4.57 Å². The summed E-state index contributed by atoms with van der Waals surface area (Å²) in [7, 11) is 2.04. The fraction of sp³-hybridized carbons (Fsp3) is 0.167. The van der Waals surface area contributed by atoms with Gasteiger partial charge in [0.2, 0.25) is 5.69 Å². The summed E-state index contributed by atoms with van der Waals surface area (Å²) in [6, 6.07) is 34.2. The summed E-state index contributed by atoms with van der Waals surface area (Å²) in [6.45, 7) is 8.80. The Kier molecular flexibility index (Phi) is 5.85. The van der Waals surface area contributed by atoms with Crippen molar-refractivity contribution in [2.45, 2.75) is 33.1 Å². The molecule has 6 rings (SSSR count). The van der Waals surface area contributed by atoms with Crippen molar-refractivity contribution in [3.05, 3.63) is 114 Å². The summed E-state index contributed by atoms with van der Waals surface area (Å²) in [5.41, 5.74) is 10.9. The number of furan rings is 1. The summed E-state index contributed by atoms with van der Waals surface area (Å²) in [4.78, 5) is 0. The van der Waals surface area contributed by atoms with Crippen molar-refractivity contribution >= 4 is 21.9 Å². The van der Waals surface area contributed by atoms with Crippen molar-refractivity contribution in [3.63, 3.8) is 0 Å². The number of nitriles is 1. The highest BCUT2D eigenvalue weighted by Gasteiger charge is 2.22. The van der Waals surface area contributed by atoms with Gasteiger partial charge >= 0.3 is 0 Å². The number of hydrogen-bond donors (Lipinski definition) is 0. The van der Waals surface area contributed by atoms with E-state index >= 15 is 0 Å². The summed E-state index contributed by atoms with van der Waals surface area (Å²) in [6.07, 6.45) is 2.04. The van der Waals surface area contributed by atoms with Crippen molar-refractivity contribution < 1.29 is 8.98 Å². The summed E-state index contributed by atoms with van der Waals surface area (Å²) in [5.74, 6) is 0. The highest BCUT2D eigenvalue weighted by atomic mass is 16.3. The van der Waals surface area contributed by atoms with Gasteiger partial charge < -0.3 is 4.42 Å². The minimum atomic E-state index is 0.0932. The Balaban J connectivity index is 1.48. The van der Waals surface area contributed by atoms with Gasteiger partial charge in [-0.05, 0) is 52.3 Å². The Bertz CT molecular complexity index is 1910. The van der Waals surface area contributed by atoms with Gasteiger partial charge in [0.25, 0.3) is 0 Å². The Hall–Kier alpha value is -4.68. The van der Waals surface area contributed by atoms with Crippen LogP contribution in [0.1, 0.15) is 37.5 Å². The van der Waals surface area contributed by atoms with Crippen molar-refractivity contribution in [1.29, 1.82) is 5.26 Å². The van der Waals surface area contributed by atoms with E-state index in [1.54, 1.807) is 0 Å². The number of aryl methyl sites for hydroxylation is 2. The van der Waals surface area contributed by atoms with Crippen molar-refractivity contribution in [3.8, 4) is 39.6 Å². The van der Waals surface area contributed by atoms with Gasteiger partial charge in [-0.3, -0.25) is 0 Å². The first kappa shape index (κ1) is 24.6. The number of hydrogen-bond acceptors (Lipinski definition) is 2. The van der Waals surface area contributed by atoms with Crippen LogP contribution in [0, 0.1) is 18.3 Å². The molecule has 39 heavy (non-hydrogen) atoms. The van der Waals surface area contributed by atoms with E-state index in [-0.39, 0.29) is 5.41 Å². The lowest BCUT2D eigenvalue weighted by Crippen LogP contribution is -2.30. The number of nitrogens with zero attached hydrogens (tertiary/aromatic N) is 2. The first-order valence-electron chi connectivity index (χ1n) is 13.3. The van der Waals surface area contributed by atoms with E-state index in [9.17, 15) is 5.26 Å². The molecule has 0 aliphatic heterocycles. The third kappa shape index (κ3) is 4.19. The zero-order chi connectivity index (χ0) is 27.3. The minimum absolute atomic E-state index is 0.0932. The number of aromatic nitrogens is 1. The maximum Gasteiger partial charge on any atom is 0.216 e. The lowest BCUT2D eigenvalue weighted by Gasteiger charge is -2.20. The van der Waals surface area contributed by atoms with E-state index in [4.69, 9.17) is 4.42 Å². The van der Waals surface area contributed by atoms with Crippen molar-refractivity contribution in [2.24, 2.45) is 7.05 Å². The molecule has 0 fully saturated rings. The minimum Gasteiger partial charge on any atom is -0.454 e. The SMILES string of the molecule is Cc1ccc2c(oc3c(C#N)c(-c4ccc(-c5cccc(C(C)(C)C)c5)cc4)ccc32)c1-c1cccc[n+]1C. The van der Waals surface area contributed by atoms with E-state index in [0.717, 1.165) is 49.9 Å². The predicted octanol–water partition coefficient (Wildman–Crippen LogP) is 8.89. The lowest BCUT2D eigenvalue weighted by atomic mass is 9.85. The zero-order valence-corrected chi connectivity index (χ0v) is 23.0. The first-order valence-corrected chi connectivity index (χ1v) is 13.3. The molecule has 0 saturated carbocycles. The molecule has 6 aromatic rings. The van der Waals surface area contributed by atoms with Gasteiger partial charge in [-0.1, -0.05) is 87.5 Å². The summed E-state index contributed by atoms with van der Waals surface area (Å²) >= 11 is 0. The topological polar surface area (TPSA) is 40.8 Å². The standard InChI is InChI=1S/C36H31N2O/c1-23-12-17-30-29-19-18-28(25-15-13-24(14-16-25)26-9-8-10-27(21-26)36(2,3)4)31(22-37)34(29)39-35(30)33(23)32-11-6-7-20-38(32)5/h6-21H,1-5H3/q+1. The van der Waals surface area contributed by atoms with E-state index in [1.807, 2.05) is 31.4 Å². The number of rotatable bonds is 3. The van der Waals surface area contributed by atoms with Gasteiger partial charge in [-0.2, -0.15) is 5.26 Å². The van der Waals surface area contributed by atoms with Gasteiger partial charge in [0.15, 0.2) is 11.8 Å². The molecule has 0 amide bonds.